The van der Waals surface area contributed by atoms with Crippen molar-refractivity contribution >= 4 is 21.7 Å². The highest BCUT2D eigenvalue weighted by Crippen LogP contribution is 2.27. The van der Waals surface area contributed by atoms with Crippen molar-refractivity contribution in [3.63, 3.8) is 0 Å². The summed E-state index contributed by atoms with van der Waals surface area (Å²) < 4.78 is 13.6. The zero-order valence-corrected chi connectivity index (χ0v) is 10.6. The van der Waals surface area contributed by atoms with Gasteiger partial charge in [0.05, 0.1) is 16.5 Å². The third kappa shape index (κ3) is 2.67. The van der Waals surface area contributed by atoms with Crippen LogP contribution >= 0.6 is 15.9 Å². The first-order chi connectivity index (χ1) is 7.47. The van der Waals surface area contributed by atoms with Crippen LogP contribution in [0, 0.1) is 17.1 Å². The first-order valence-corrected chi connectivity index (χ1v) is 5.73. The second-order valence-corrected chi connectivity index (χ2v) is 4.64. The molecule has 0 bridgehead atoms. The minimum absolute atomic E-state index is 0.0451. The van der Waals surface area contributed by atoms with Crippen molar-refractivity contribution in [3.8, 4) is 6.07 Å². The van der Waals surface area contributed by atoms with E-state index in [4.69, 9.17) is 5.26 Å². The molecule has 1 aromatic carbocycles. The number of hydrogen-bond donors (Lipinski definition) is 0. The van der Waals surface area contributed by atoms with Gasteiger partial charge in [-0.15, -0.1) is 0 Å². The number of nitrogens with zero attached hydrogens (tertiary/aromatic N) is 1. The fourth-order valence-corrected chi connectivity index (χ4v) is 1.76. The van der Waals surface area contributed by atoms with Gasteiger partial charge in [0.2, 0.25) is 0 Å². The number of halogens is 2. The molecule has 0 saturated heterocycles. The molecule has 2 atom stereocenters. The predicted octanol–water partition coefficient (Wildman–Crippen LogP) is 3.15. The Morgan fingerprint density at radius 2 is 2.19 bits per heavy atom. The van der Waals surface area contributed by atoms with E-state index in [-0.39, 0.29) is 17.3 Å². The molecule has 0 heterocycles. The second kappa shape index (κ2) is 5.22. The molecule has 16 heavy (non-hydrogen) atoms. The minimum Gasteiger partial charge on any atom is -0.299 e. The van der Waals surface area contributed by atoms with Gasteiger partial charge in [0, 0.05) is 5.92 Å². The molecule has 2 unspecified atom stereocenters. The largest absolute Gasteiger partial charge is 0.299 e. The van der Waals surface area contributed by atoms with Gasteiger partial charge in [-0.1, -0.05) is 28.9 Å². The number of ketones is 1. The van der Waals surface area contributed by atoms with Crippen LogP contribution < -0.4 is 0 Å². The summed E-state index contributed by atoms with van der Waals surface area (Å²) in [5.74, 6) is -0.751. The number of hydrogen-bond acceptors (Lipinski definition) is 2. The number of benzene rings is 1. The van der Waals surface area contributed by atoms with Crippen LogP contribution in [0.3, 0.4) is 0 Å². The van der Waals surface area contributed by atoms with Gasteiger partial charge in [-0.05, 0) is 24.6 Å². The Balaban J connectivity index is 3.06. The maximum Gasteiger partial charge on any atom is 0.144 e. The van der Waals surface area contributed by atoms with E-state index in [1.807, 2.05) is 6.07 Å². The van der Waals surface area contributed by atoms with E-state index in [1.54, 1.807) is 19.1 Å². The quantitative estimate of drug-likeness (QED) is 0.800. The van der Waals surface area contributed by atoms with Crippen molar-refractivity contribution < 1.29 is 9.18 Å². The highest BCUT2D eigenvalue weighted by atomic mass is 79.9. The number of nitriles is 1. The van der Waals surface area contributed by atoms with Gasteiger partial charge in [-0.2, -0.15) is 5.26 Å². The first kappa shape index (κ1) is 12.9. The molecule has 0 aliphatic rings. The Labute approximate surface area is 102 Å². The number of carbonyl (C=O) groups excluding carboxylic acids is 1. The van der Waals surface area contributed by atoms with Gasteiger partial charge in [0.25, 0.3) is 0 Å². The Hall–Kier alpha value is -1.21. The van der Waals surface area contributed by atoms with E-state index in [0.717, 1.165) is 0 Å². The van der Waals surface area contributed by atoms with Crippen molar-refractivity contribution in [2.24, 2.45) is 0 Å². The van der Waals surface area contributed by atoms with Crippen LogP contribution in [0.25, 0.3) is 0 Å². The minimum atomic E-state index is -0.447. The molecule has 0 aliphatic carbocycles. The lowest BCUT2D eigenvalue weighted by Crippen LogP contribution is -2.18. The summed E-state index contributed by atoms with van der Waals surface area (Å²) in [6.07, 6.45) is 0. The van der Waals surface area contributed by atoms with Gasteiger partial charge in [-0.25, -0.2) is 4.39 Å². The molecular weight excluding hydrogens is 273 g/mol. The summed E-state index contributed by atoms with van der Waals surface area (Å²) in [6.45, 7) is 3.22. The Morgan fingerprint density at radius 3 is 2.62 bits per heavy atom. The number of rotatable bonds is 3. The van der Waals surface area contributed by atoms with E-state index in [9.17, 15) is 9.18 Å². The molecule has 2 nitrogen and oxygen atoms in total. The SMILES string of the molecule is CC(=O)C(Br)C(C)c1ccc(C#N)cc1F. The van der Waals surface area contributed by atoms with Crippen LogP contribution in [0.5, 0.6) is 0 Å². The van der Waals surface area contributed by atoms with Gasteiger partial charge < -0.3 is 0 Å². The fraction of sp³-hybridized carbons (Fsp3) is 0.333. The van der Waals surface area contributed by atoms with Crippen LogP contribution in [0.1, 0.15) is 30.9 Å². The molecule has 4 heteroatoms. The lowest BCUT2D eigenvalue weighted by Gasteiger charge is -2.16. The average Bonchev–Trinajstić information content (AvgIpc) is 2.26. The molecule has 0 aromatic heterocycles. The molecule has 84 valence electrons. The fourth-order valence-electron chi connectivity index (χ4n) is 1.48. The molecule has 1 aromatic rings. The molecule has 0 N–H and O–H groups in total. The van der Waals surface area contributed by atoms with E-state index in [2.05, 4.69) is 15.9 Å². The molecule has 0 aliphatic heterocycles. The van der Waals surface area contributed by atoms with Crippen LogP contribution in [0.2, 0.25) is 0 Å². The Bertz CT molecular complexity index is 453. The van der Waals surface area contributed by atoms with Crippen molar-refractivity contribution in [3.05, 3.63) is 35.1 Å². The van der Waals surface area contributed by atoms with Gasteiger partial charge >= 0.3 is 0 Å². The zero-order chi connectivity index (χ0) is 12.3. The predicted molar refractivity (Wildman–Crippen MR) is 62.9 cm³/mol. The summed E-state index contributed by atoms with van der Waals surface area (Å²) in [6, 6.07) is 6.16. The van der Waals surface area contributed by atoms with Crippen molar-refractivity contribution in [1.82, 2.24) is 0 Å². The Kier molecular flexibility index (Phi) is 4.19. The summed E-state index contributed by atoms with van der Waals surface area (Å²) in [5.41, 5.74) is 0.721. The summed E-state index contributed by atoms with van der Waals surface area (Å²) in [5, 5.41) is 8.61. The van der Waals surface area contributed by atoms with Crippen LogP contribution in [0.4, 0.5) is 4.39 Å². The summed E-state index contributed by atoms with van der Waals surface area (Å²) >= 11 is 3.23. The molecule has 0 radical (unpaired) electrons. The Morgan fingerprint density at radius 1 is 1.56 bits per heavy atom. The highest BCUT2D eigenvalue weighted by molar-refractivity contribution is 9.10. The molecular formula is C12H11BrFNO. The average molecular weight is 284 g/mol. The molecule has 0 fully saturated rings. The normalized spacial score (nSPS) is 13.9. The lowest BCUT2D eigenvalue weighted by atomic mass is 9.94. The van der Waals surface area contributed by atoms with Crippen molar-refractivity contribution in [2.75, 3.05) is 0 Å². The molecule has 0 spiro atoms. The van der Waals surface area contributed by atoms with Crippen molar-refractivity contribution in [1.29, 1.82) is 5.26 Å². The highest BCUT2D eigenvalue weighted by Gasteiger charge is 2.22. The van der Waals surface area contributed by atoms with Crippen LogP contribution in [-0.4, -0.2) is 10.6 Å². The molecule has 0 saturated carbocycles. The van der Waals surface area contributed by atoms with E-state index >= 15 is 0 Å². The molecule has 0 amide bonds. The third-order valence-corrected chi connectivity index (χ3v) is 3.89. The number of Topliss-reactive ketones (excluding diaryl/α,β-unsaturated/α-hetero) is 1. The number of carbonyl (C=O) groups is 1. The first-order valence-electron chi connectivity index (χ1n) is 4.81. The number of alkyl halides is 1. The monoisotopic (exact) mass is 283 g/mol. The lowest BCUT2D eigenvalue weighted by molar-refractivity contribution is -0.116. The van der Waals surface area contributed by atoms with Crippen molar-refractivity contribution in [2.45, 2.75) is 24.6 Å². The van der Waals surface area contributed by atoms with Gasteiger partial charge in [0.1, 0.15) is 11.6 Å². The van der Waals surface area contributed by atoms with E-state index in [1.165, 1.54) is 13.0 Å². The van der Waals surface area contributed by atoms with E-state index < -0.39 is 10.6 Å². The van der Waals surface area contributed by atoms with Gasteiger partial charge in [0.15, 0.2) is 0 Å². The molecule has 1 rings (SSSR count). The zero-order valence-electron chi connectivity index (χ0n) is 9.00. The standard InChI is InChI=1S/C12H11BrFNO/c1-7(12(13)8(2)16)10-4-3-9(6-15)5-11(10)14/h3-5,7,12H,1-2H3. The van der Waals surface area contributed by atoms with Gasteiger partial charge in [-0.3, -0.25) is 4.79 Å². The maximum atomic E-state index is 13.6. The van der Waals surface area contributed by atoms with Crippen LogP contribution in [0.15, 0.2) is 18.2 Å². The van der Waals surface area contributed by atoms with E-state index in [0.29, 0.717) is 5.56 Å². The summed E-state index contributed by atoms with van der Waals surface area (Å²) in [4.78, 5) is 10.8. The smallest absolute Gasteiger partial charge is 0.144 e. The second-order valence-electron chi connectivity index (χ2n) is 3.65. The summed E-state index contributed by atoms with van der Waals surface area (Å²) in [7, 11) is 0. The topological polar surface area (TPSA) is 40.9 Å². The maximum absolute atomic E-state index is 13.6. The third-order valence-electron chi connectivity index (χ3n) is 2.45. The van der Waals surface area contributed by atoms with Crippen LogP contribution in [-0.2, 0) is 4.79 Å².